The lowest BCUT2D eigenvalue weighted by Gasteiger charge is -2.20. The van der Waals surface area contributed by atoms with Crippen LogP contribution < -0.4 is 15.0 Å². The molecule has 2 heterocycles. The van der Waals surface area contributed by atoms with Gasteiger partial charge in [-0.15, -0.1) is 0 Å². The SMILES string of the molecule is COCC(=O)NC1CCN(c2cc(F)cc(Oc3cnc(C(F)(F)F)nc3)c2)C1. The summed E-state index contributed by atoms with van der Waals surface area (Å²) in [7, 11) is 1.43. The van der Waals surface area contributed by atoms with Crippen molar-refractivity contribution in [1.82, 2.24) is 15.3 Å². The Hall–Kier alpha value is -2.95. The Kier molecular flexibility index (Phi) is 6.16. The summed E-state index contributed by atoms with van der Waals surface area (Å²) < 4.78 is 61.8. The van der Waals surface area contributed by atoms with Crippen molar-refractivity contribution in [3.05, 3.63) is 42.2 Å². The van der Waals surface area contributed by atoms with E-state index in [-0.39, 0.29) is 30.1 Å². The number of hydrogen-bond acceptors (Lipinski definition) is 6. The Balaban J connectivity index is 1.68. The highest BCUT2D eigenvalue weighted by molar-refractivity contribution is 5.77. The molecule has 3 rings (SSSR count). The molecular formula is C18H18F4N4O3. The van der Waals surface area contributed by atoms with Gasteiger partial charge in [0.15, 0.2) is 5.75 Å². The maximum Gasteiger partial charge on any atom is 0.451 e. The van der Waals surface area contributed by atoms with Crippen LogP contribution in [0.5, 0.6) is 11.5 Å². The number of amides is 1. The molecule has 7 nitrogen and oxygen atoms in total. The molecule has 0 spiro atoms. The van der Waals surface area contributed by atoms with Crippen molar-refractivity contribution in [1.29, 1.82) is 0 Å². The number of carbonyl (C=O) groups excluding carboxylic acids is 1. The normalized spacial score (nSPS) is 16.7. The van der Waals surface area contributed by atoms with E-state index in [1.807, 2.05) is 4.90 Å². The summed E-state index contributed by atoms with van der Waals surface area (Å²) in [4.78, 5) is 19.9. The number of nitrogens with one attached hydrogen (secondary N) is 1. The summed E-state index contributed by atoms with van der Waals surface area (Å²) in [6.45, 7) is 1.02. The van der Waals surface area contributed by atoms with Gasteiger partial charge in [-0.3, -0.25) is 4.79 Å². The van der Waals surface area contributed by atoms with Crippen molar-refractivity contribution in [3.63, 3.8) is 0 Å². The molecule has 1 aliphatic heterocycles. The lowest BCUT2D eigenvalue weighted by Crippen LogP contribution is -2.38. The Morgan fingerprint density at radius 3 is 2.62 bits per heavy atom. The molecule has 1 saturated heterocycles. The molecule has 2 aromatic rings. The smallest absolute Gasteiger partial charge is 0.451 e. The van der Waals surface area contributed by atoms with Crippen molar-refractivity contribution in [2.45, 2.75) is 18.6 Å². The van der Waals surface area contributed by atoms with E-state index in [0.717, 1.165) is 18.5 Å². The second-order valence-corrected chi connectivity index (χ2v) is 6.42. The minimum absolute atomic E-state index is 0.0380. The fourth-order valence-electron chi connectivity index (χ4n) is 2.95. The third-order valence-corrected chi connectivity index (χ3v) is 4.17. The van der Waals surface area contributed by atoms with E-state index in [2.05, 4.69) is 15.3 Å². The van der Waals surface area contributed by atoms with Crippen LogP contribution in [0, 0.1) is 5.82 Å². The molecule has 1 unspecified atom stereocenters. The monoisotopic (exact) mass is 414 g/mol. The first-order valence-electron chi connectivity index (χ1n) is 8.65. The number of ether oxygens (including phenoxy) is 2. The number of anilines is 1. The number of benzene rings is 1. The predicted octanol–water partition coefficient (Wildman–Crippen LogP) is 2.77. The molecule has 1 amide bonds. The molecule has 156 valence electrons. The first-order valence-corrected chi connectivity index (χ1v) is 8.65. The quantitative estimate of drug-likeness (QED) is 0.733. The number of methoxy groups -OCH3 is 1. The van der Waals surface area contributed by atoms with Crippen LogP contribution in [0.2, 0.25) is 0 Å². The highest BCUT2D eigenvalue weighted by Crippen LogP contribution is 2.30. The van der Waals surface area contributed by atoms with Crippen LogP contribution in [0.4, 0.5) is 23.2 Å². The fraction of sp³-hybridized carbons (Fsp3) is 0.389. The van der Waals surface area contributed by atoms with Gasteiger partial charge in [0.25, 0.3) is 0 Å². The molecule has 1 aromatic carbocycles. The van der Waals surface area contributed by atoms with Gasteiger partial charge in [0, 0.05) is 44.1 Å². The number of nitrogens with zero attached hydrogens (tertiary/aromatic N) is 3. The van der Waals surface area contributed by atoms with E-state index >= 15 is 0 Å². The van der Waals surface area contributed by atoms with Crippen molar-refractivity contribution >= 4 is 11.6 Å². The second-order valence-electron chi connectivity index (χ2n) is 6.42. The van der Waals surface area contributed by atoms with E-state index < -0.39 is 17.8 Å². The summed E-state index contributed by atoms with van der Waals surface area (Å²) in [6.07, 6.45) is -2.24. The Bertz CT molecular complexity index is 861. The third-order valence-electron chi connectivity index (χ3n) is 4.17. The van der Waals surface area contributed by atoms with E-state index in [1.165, 1.54) is 13.2 Å². The Morgan fingerprint density at radius 1 is 1.24 bits per heavy atom. The number of carbonyl (C=O) groups is 1. The van der Waals surface area contributed by atoms with Gasteiger partial charge in [0.2, 0.25) is 11.7 Å². The fourth-order valence-corrected chi connectivity index (χ4v) is 2.95. The van der Waals surface area contributed by atoms with Gasteiger partial charge in [-0.25, -0.2) is 14.4 Å². The van der Waals surface area contributed by atoms with Gasteiger partial charge in [-0.05, 0) is 12.5 Å². The van der Waals surface area contributed by atoms with Crippen LogP contribution in [-0.4, -0.2) is 48.7 Å². The first-order chi connectivity index (χ1) is 13.7. The predicted molar refractivity (Wildman–Crippen MR) is 94.1 cm³/mol. The van der Waals surface area contributed by atoms with E-state index in [4.69, 9.17) is 9.47 Å². The number of aromatic nitrogens is 2. The van der Waals surface area contributed by atoms with Crippen LogP contribution in [-0.2, 0) is 15.7 Å². The molecule has 29 heavy (non-hydrogen) atoms. The summed E-state index contributed by atoms with van der Waals surface area (Å²) in [5.41, 5.74) is 0.524. The minimum atomic E-state index is -4.66. The van der Waals surface area contributed by atoms with Crippen LogP contribution >= 0.6 is 0 Å². The Labute approximate surface area is 163 Å². The van der Waals surface area contributed by atoms with Crippen molar-refractivity contribution in [2.24, 2.45) is 0 Å². The standard InChI is InChI=1S/C18H18F4N4O3/c1-28-10-16(27)25-12-2-3-26(9-12)13-4-11(19)5-14(6-13)29-15-7-23-17(24-8-15)18(20,21)22/h4-8,12H,2-3,9-10H2,1H3,(H,25,27). The molecule has 0 saturated carbocycles. The highest BCUT2D eigenvalue weighted by Gasteiger charge is 2.34. The Morgan fingerprint density at radius 2 is 1.97 bits per heavy atom. The van der Waals surface area contributed by atoms with Gasteiger partial charge in [0.1, 0.15) is 18.2 Å². The van der Waals surface area contributed by atoms with Crippen LogP contribution in [0.1, 0.15) is 12.2 Å². The maximum absolute atomic E-state index is 14.0. The lowest BCUT2D eigenvalue weighted by molar-refractivity contribution is -0.145. The van der Waals surface area contributed by atoms with Gasteiger partial charge < -0.3 is 19.7 Å². The highest BCUT2D eigenvalue weighted by atomic mass is 19.4. The molecular weight excluding hydrogens is 396 g/mol. The van der Waals surface area contributed by atoms with Gasteiger partial charge in [0.05, 0.1) is 12.4 Å². The molecule has 1 N–H and O–H groups in total. The zero-order valence-corrected chi connectivity index (χ0v) is 15.4. The summed E-state index contributed by atoms with van der Waals surface area (Å²) >= 11 is 0. The zero-order valence-electron chi connectivity index (χ0n) is 15.4. The summed E-state index contributed by atoms with van der Waals surface area (Å²) in [6, 6.07) is 3.87. The lowest BCUT2D eigenvalue weighted by atomic mass is 10.2. The third kappa shape index (κ3) is 5.53. The molecule has 1 fully saturated rings. The van der Waals surface area contributed by atoms with Crippen LogP contribution in [0.25, 0.3) is 0 Å². The molecule has 11 heteroatoms. The van der Waals surface area contributed by atoms with Crippen molar-refractivity contribution in [3.8, 4) is 11.5 Å². The first kappa shape index (κ1) is 20.8. The zero-order chi connectivity index (χ0) is 21.0. The van der Waals surface area contributed by atoms with E-state index in [1.54, 1.807) is 6.07 Å². The largest absolute Gasteiger partial charge is 0.454 e. The molecule has 1 aromatic heterocycles. The molecule has 1 aliphatic rings. The summed E-state index contributed by atoms with van der Waals surface area (Å²) in [5, 5.41) is 2.83. The minimum Gasteiger partial charge on any atom is -0.454 e. The van der Waals surface area contributed by atoms with Gasteiger partial charge in [-0.1, -0.05) is 0 Å². The number of rotatable bonds is 6. The average Bonchev–Trinajstić information content (AvgIpc) is 3.09. The van der Waals surface area contributed by atoms with E-state index in [0.29, 0.717) is 25.2 Å². The van der Waals surface area contributed by atoms with Crippen molar-refractivity contribution in [2.75, 3.05) is 31.7 Å². The number of alkyl halides is 3. The molecule has 0 bridgehead atoms. The maximum atomic E-state index is 14.0. The molecule has 1 atom stereocenters. The topological polar surface area (TPSA) is 76.6 Å². The summed E-state index contributed by atoms with van der Waals surface area (Å²) in [5.74, 6) is -2.05. The average molecular weight is 414 g/mol. The van der Waals surface area contributed by atoms with Crippen LogP contribution in [0.3, 0.4) is 0 Å². The van der Waals surface area contributed by atoms with E-state index in [9.17, 15) is 22.4 Å². The van der Waals surface area contributed by atoms with Gasteiger partial charge >= 0.3 is 6.18 Å². The van der Waals surface area contributed by atoms with Crippen LogP contribution in [0.15, 0.2) is 30.6 Å². The van der Waals surface area contributed by atoms with Gasteiger partial charge in [-0.2, -0.15) is 13.2 Å². The molecule has 0 aliphatic carbocycles. The second kappa shape index (κ2) is 8.60. The van der Waals surface area contributed by atoms with Crippen molar-refractivity contribution < 1.29 is 31.8 Å². The molecule has 0 radical (unpaired) electrons. The number of hydrogen-bond donors (Lipinski definition) is 1. The number of halogens is 4.